The van der Waals surface area contributed by atoms with E-state index in [-0.39, 0.29) is 67.8 Å². The van der Waals surface area contributed by atoms with E-state index >= 15 is 0 Å². The van der Waals surface area contributed by atoms with Gasteiger partial charge in [-0.15, -0.1) is 0 Å². The van der Waals surface area contributed by atoms with Crippen LogP contribution in [0.15, 0.2) is 30.3 Å². The quantitative estimate of drug-likeness (QED) is 0.0430. The summed E-state index contributed by atoms with van der Waals surface area (Å²) in [5, 5.41) is 25.2. The van der Waals surface area contributed by atoms with Crippen molar-refractivity contribution in [3.63, 3.8) is 0 Å². The van der Waals surface area contributed by atoms with Gasteiger partial charge in [-0.25, -0.2) is 0 Å². The molecule has 458 valence electrons. The van der Waals surface area contributed by atoms with E-state index in [1.54, 1.807) is 29.2 Å². The van der Waals surface area contributed by atoms with Crippen LogP contribution in [0.3, 0.4) is 0 Å². The third-order valence-corrected chi connectivity index (χ3v) is 14.0. The van der Waals surface area contributed by atoms with E-state index in [4.69, 9.17) is 0 Å². The number of hydrogen-bond donors (Lipinski definition) is 9. The first-order chi connectivity index (χ1) is 37.7. The number of likely N-dealkylation sites (tertiary alicyclic amines) is 1. The van der Waals surface area contributed by atoms with Crippen molar-refractivity contribution in [2.24, 2.45) is 17.8 Å². The summed E-state index contributed by atoms with van der Waals surface area (Å²) in [6, 6.07) is 3.41. The SMILES string of the molecule is CCCCCCCCC(NC(=O)[C@@H]1CCCN1C(=O)c1ccccc1)C(=O)NC(CC(C)C)C(=O)NC(C)(C)C(=O)NC(CC(C)C)C(=O)NC(CC(C)C)C(=O)NC(C)(C)C(=O)NC(C)(C)C(=O)NCCC(=O)NC(C)CN(C)C. The summed E-state index contributed by atoms with van der Waals surface area (Å²) < 4.78 is 0. The molecule has 81 heavy (non-hydrogen) atoms. The Hall–Kier alpha value is -6.12. The van der Waals surface area contributed by atoms with Crippen molar-refractivity contribution in [1.82, 2.24) is 57.7 Å². The molecule has 0 aliphatic carbocycles. The molecule has 0 spiro atoms. The first-order valence-corrected chi connectivity index (χ1v) is 29.5. The zero-order valence-electron chi connectivity index (χ0n) is 51.9. The van der Waals surface area contributed by atoms with Gasteiger partial charge in [-0.3, -0.25) is 47.9 Å². The maximum absolute atomic E-state index is 14.3. The van der Waals surface area contributed by atoms with Crippen LogP contribution in [0.25, 0.3) is 0 Å². The lowest BCUT2D eigenvalue weighted by molar-refractivity contribution is -0.139. The molecule has 1 saturated heterocycles. The summed E-state index contributed by atoms with van der Waals surface area (Å²) in [6.45, 7) is 25.2. The molecule has 1 heterocycles. The Labute approximate surface area is 483 Å². The Morgan fingerprint density at radius 3 is 1.57 bits per heavy atom. The van der Waals surface area contributed by atoms with Crippen LogP contribution >= 0.6 is 0 Å². The van der Waals surface area contributed by atoms with Gasteiger partial charge in [0, 0.05) is 37.7 Å². The van der Waals surface area contributed by atoms with Crippen molar-refractivity contribution in [3.8, 4) is 0 Å². The first kappa shape index (κ1) is 71.0. The molecule has 5 unspecified atom stereocenters. The summed E-state index contributed by atoms with van der Waals surface area (Å²) in [7, 11) is 3.79. The van der Waals surface area contributed by atoms with Crippen molar-refractivity contribution in [2.75, 3.05) is 33.7 Å². The number of nitrogens with one attached hydrogen (secondary N) is 9. The first-order valence-electron chi connectivity index (χ1n) is 29.5. The van der Waals surface area contributed by atoms with Crippen LogP contribution in [-0.2, 0) is 43.2 Å². The molecule has 1 aromatic carbocycles. The molecular weight excluding hydrogens is 1030 g/mol. The molecule has 6 atom stereocenters. The Bertz CT molecular complexity index is 2250. The van der Waals surface area contributed by atoms with Crippen molar-refractivity contribution in [2.45, 2.75) is 233 Å². The van der Waals surface area contributed by atoms with Crippen LogP contribution in [0.5, 0.6) is 0 Å². The van der Waals surface area contributed by atoms with Gasteiger partial charge in [0.25, 0.3) is 5.91 Å². The Morgan fingerprint density at radius 1 is 0.568 bits per heavy atom. The van der Waals surface area contributed by atoms with Crippen LogP contribution in [-0.4, -0.2) is 155 Å². The average Bonchev–Trinajstić information content (AvgIpc) is 3.89. The van der Waals surface area contributed by atoms with Crippen LogP contribution in [0.2, 0.25) is 0 Å². The van der Waals surface area contributed by atoms with Gasteiger partial charge in [-0.2, -0.15) is 0 Å². The molecule has 0 bridgehead atoms. The summed E-state index contributed by atoms with van der Waals surface area (Å²) in [5.74, 6) is -5.78. The van der Waals surface area contributed by atoms with Crippen LogP contribution in [0, 0.1) is 17.8 Å². The lowest BCUT2D eigenvalue weighted by atomic mass is 9.96. The molecule has 1 fully saturated rings. The summed E-state index contributed by atoms with van der Waals surface area (Å²) in [4.78, 5) is 141. The highest BCUT2D eigenvalue weighted by Gasteiger charge is 2.41. The maximum atomic E-state index is 14.3. The fraction of sp³-hybridized carbons (Fsp3) is 0.733. The Morgan fingerprint density at radius 2 is 1.05 bits per heavy atom. The van der Waals surface area contributed by atoms with Gasteiger partial charge in [0.15, 0.2) is 0 Å². The summed E-state index contributed by atoms with van der Waals surface area (Å²) in [5.41, 5.74) is -4.20. The normalized spacial score (nSPS) is 15.7. The number of likely N-dealkylation sites (N-methyl/N-ethyl adjacent to an activating group) is 1. The second-order valence-electron chi connectivity index (χ2n) is 25.2. The molecule has 1 aromatic rings. The van der Waals surface area contributed by atoms with Gasteiger partial charge in [0.2, 0.25) is 53.2 Å². The molecule has 2 rings (SSSR count). The van der Waals surface area contributed by atoms with Gasteiger partial charge in [-0.05, 0) is 131 Å². The molecule has 9 N–H and O–H groups in total. The van der Waals surface area contributed by atoms with E-state index in [9.17, 15) is 47.9 Å². The minimum Gasteiger partial charge on any atom is -0.354 e. The van der Waals surface area contributed by atoms with E-state index in [0.717, 1.165) is 32.1 Å². The highest BCUT2D eigenvalue weighted by atomic mass is 16.2. The van der Waals surface area contributed by atoms with Gasteiger partial charge in [-0.1, -0.05) is 105 Å². The van der Waals surface area contributed by atoms with Crippen molar-refractivity contribution in [3.05, 3.63) is 35.9 Å². The molecular formula is C60H103N11O10. The third-order valence-electron chi connectivity index (χ3n) is 14.0. The molecule has 10 amide bonds. The second-order valence-corrected chi connectivity index (χ2v) is 25.2. The summed E-state index contributed by atoms with van der Waals surface area (Å²) in [6.07, 6.45) is 7.54. The second kappa shape index (κ2) is 33.7. The number of carbonyl (C=O) groups is 10. The number of benzene rings is 1. The molecule has 21 heteroatoms. The fourth-order valence-corrected chi connectivity index (χ4v) is 9.54. The predicted molar refractivity (Wildman–Crippen MR) is 315 cm³/mol. The van der Waals surface area contributed by atoms with Crippen molar-refractivity contribution < 1.29 is 47.9 Å². The zero-order chi connectivity index (χ0) is 61.4. The highest BCUT2D eigenvalue weighted by molar-refractivity contribution is 6.01. The minimum atomic E-state index is -1.63. The number of rotatable bonds is 35. The van der Waals surface area contributed by atoms with E-state index < -0.39 is 94.1 Å². The number of hydrogen-bond acceptors (Lipinski definition) is 11. The van der Waals surface area contributed by atoms with Crippen molar-refractivity contribution in [1.29, 1.82) is 0 Å². The Balaban J connectivity index is 2.24. The average molecular weight is 1140 g/mol. The number of amides is 10. The lowest BCUT2D eigenvalue weighted by Crippen LogP contribution is -2.65. The fourth-order valence-electron chi connectivity index (χ4n) is 9.54. The topological polar surface area (TPSA) is 285 Å². The van der Waals surface area contributed by atoms with E-state index in [1.165, 1.54) is 41.5 Å². The number of carbonyl (C=O) groups excluding carboxylic acids is 10. The monoisotopic (exact) mass is 1140 g/mol. The highest BCUT2D eigenvalue weighted by Crippen LogP contribution is 2.22. The largest absolute Gasteiger partial charge is 0.354 e. The van der Waals surface area contributed by atoms with Crippen LogP contribution < -0.4 is 47.9 Å². The van der Waals surface area contributed by atoms with Crippen molar-refractivity contribution >= 4 is 59.1 Å². The zero-order valence-corrected chi connectivity index (χ0v) is 51.9. The predicted octanol–water partition coefficient (Wildman–Crippen LogP) is 4.38. The van der Waals surface area contributed by atoms with E-state index in [2.05, 4.69) is 54.8 Å². The molecule has 1 aliphatic rings. The van der Waals surface area contributed by atoms with Gasteiger partial charge in [0.1, 0.15) is 46.8 Å². The molecule has 1 aliphatic heterocycles. The minimum absolute atomic E-state index is 0.0291. The van der Waals surface area contributed by atoms with E-state index in [1.807, 2.05) is 73.5 Å². The number of nitrogens with zero attached hydrogens (tertiary/aromatic N) is 2. The molecule has 0 radical (unpaired) electrons. The number of unbranched alkanes of at least 4 members (excludes halogenated alkanes) is 5. The molecule has 0 saturated carbocycles. The standard InChI is InChI=1S/C60H103N11O10/c1-17-18-19-20-21-25-29-43(63-53(77)47-30-26-33-71(47)54(78)42-27-23-22-24-28-42)49(73)64-45(35-39(4)5)51(75)67-59(11,12)56(80)66-44(34-38(2)3)50(74)65-46(36-40(6)7)52(76)68-60(13,14)57(81)69-58(9,10)55(79)61-32-31-48(72)62-41(8)37-70(15)16/h22-24,27-28,38-41,43-47H,17-21,25-26,29-37H2,1-16H3,(H,61,79)(H,62,72)(H,63,77)(H,64,73)(H,65,74)(H,66,80)(H,67,75)(H,68,76)(H,69,81)/t41?,43?,44?,45?,46?,47-/m0/s1. The van der Waals surface area contributed by atoms with Gasteiger partial charge < -0.3 is 57.7 Å². The smallest absolute Gasteiger partial charge is 0.254 e. The van der Waals surface area contributed by atoms with Crippen LogP contribution in [0.1, 0.15) is 191 Å². The molecule has 21 nitrogen and oxygen atoms in total. The van der Waals surface area contributed by atoms with Gasteiger partial charge in [0.05, 0.1) is 0 Å². The summed E-state index contributed by atoms with van der Waals surface area (Å²) >= 11 is 0. The van der Waals surface area contributed by atoms with Gasteiger partial charge >= 0.3 is 0 Å². The third kappa shape index (κ3) is 25.3. The Kier molecular flexibility index (Phi) is 29.5. The maximum Gasteiger partial charge on any atom is 0.254 e. The van der Waals surface area contributed by atoms with Crippen LogP contribution in [0.4, 0.5) is 0 Å². The van der Waals surface area contributed by atoms with E-state index in [0.29, 0.717) is 44.3 Å². The molecule has 0 aromatic heterocycles. The lowest BCUT2D eigenvalue weighted by Gasteiger charge is -2.34.